The van der Waals surface area contributed by atoms with Gasteiger partial charge in [0.25, 0.3) is 0 Å². The molecule has 0 unspecified atom stereocenters. The average molecular weight is 354 g/mol. The molecule has 6 heteroatoms. The molecule has 0 spiro atoms. The standard InChI is InChI=1S/C19H16ClN3O2/c1-25-16-5-3-2-4-14(16)15-10-17(24)22-19-18(15)21-11-23(19)13-8-6-12(20)7-9-13/h2-9,11,15H,10H2,1H3,(H,22,24)/t15-/m1/s1. The minimum absolute atomic E-state index is 0.0425. The number of nitrogens with zero attached hydrogens (tertiary/aromatic N) is 2. The molecular weight excluding hydrogens is 338 g/mol. The fourth-order valence-corrected chi connectivity index (χ4v) is 3.34. The van der Waals surface area contributed by atoms with E-state index in [1.165, 1.54) is 0 Å². The van der Waals surface area contributed by atoms with Gasteiger partial charge in [0.2, 0.25) is 5.91 Å². The van der Waals surface area contributed by atoms with Crippen molar-refractivity contribution in [1.29, 1.82) is 0 Å². The second kappa shape index (κ2) is 6.26. The quantitative estimate of drug-likeness (QED) is 0.774. The highest BCUT2D eigenvalue weighted by Gasteiger charge is 2.32. The molecule has 0 aliphatic carbocycles. The number of carbonyl (C=O) groups is 1. The van der Waals surface area contributed by atoms with Crippen LogP contribution in [-0.4, -0.2) is 22.6 Å². The van der Waals surface area contributed by atoms with Crippen LogP contribution in [0.15, 0.2) is 54.9 Å². The molecule has 1 aliphatic heterocycles. The molecule has 1 aliphatic rings. The van der Waals surface area contributed by atoms with Crippen molar-refractivity contribution in [3.8, 4) is 11.4 Å². The van der Waals surface area contributed by atoms with E-state index in [1.54, 1.807) is 13.4 Å². The average Bonchev–Trinajstić information content (AvgIpc) is 3.05. The zero-order chi connectivity index (χ0) is 17.4. The molecule has 4 rings (SSSR count). The van der Waals surface area contributed by atoms with Crippen molar-refractivity contribution < 1.29 is 9.53 Å². The molecule has 0 saturated heterocycles. The first-order valence-electron chi connectivity index (χ1n) is 7.93. The maximum atomic E-state index is 12.3. The monoisotopic (exact) mass is 353 g/mol. The van der Waals surface area contributed by atoms with Crippen molar-refractivity contribution in [2.75, 3.05) is 12.4 Å². The molecule has 1 atom stereocenters. The molecule has 1 aromatic heterocycles. The predicted molar refractivity (Wildman–Crippen MR) is 96.7 cm³/mol. The topological polar surface area (TPSA) is 56.1 Å². The Bertz CT molecular complexity index is 934. The summed E-state index contributed by atoms with van der Waals surface area (Å²) in [5.41, 5.74) is 2.68. The third-order valence-corrected chi connectivity index (χ3v) is 4.64. The summed E-state index contributed by atoms with van der Waals surface area (Å²) in [6, 6.07) is 15.1. The number of anilines is 1. The molecule has 1 amide bonds. The molecule has 1 N–H and O–H groups in total. The first kappa shape index (κ1) is 15.7. The second-order valence-electron chi connectivity index (χ2n) is 5.87. The van der Waals surface area contributed by atoms with Crippen LogP contribution in [0.3, 0.4) is 0 Å². The van der Waals surface area contributed by atoms with E-state index in [-0.39, 0.29) is 11.8 Å². The minimum Gasteiger partial charge on any atom is -0.496 e. The molecule has 5 nitrogen and oxygen atoms in total. The lowest BCUT2D eigenvalue weighted by Gasteiger charge is -2.24. The van der Waals surface area contributed by atoms with Gasteiger partial charge in [0.15, 0.2) is 0 Å². The fourth-order valence-electron chi connectivity index (χ4n) is 3.22. The van der Waals surface area contributed by atoms with Crippen LogP contribution in [0.2, 0.25) is 5.02 Å². The summed E-state index contributed by atoms with van der Waals surface area (Å²) in [5, 5.41) is 3.61. The Labute approximate surface area is 150 Å². The van der Waals surface area contributed by atoms with Gasteiger partial charge in [-0.2, -0.15) is 0 Å². The zero-order valence-electron chi connectivity index (χ0n) is 13.6. The first-order valence-corrected chi connectivity index (χ1v) is 8.31. The Morgan fingerprint density at radius 2 is 1.96 bits per heavy atom. The summed E-state index contributed by atoms with van der Waals surface area (Å²) in [4.78, 5) is 16.9. The number of imidazole rings is 1. The van der Waals surface area contributed by atoms with Crippen molar-refractivity contribution in [2.24, 2.45) is 0 Å². The van der Waals surface area contributed by atoms with Crippen LogP contribution >= 0.6 is 11.6 Å². The highest BCUT2D eigenvalue weighted by atomic mass is 35.5. The van der Waals surface area contributed by atoms with E-state index in [2.05, 4.69) is 10.3 Å². The summed E-state index contributed by atoms with van der Waals surface area (Å²) >= 11 is 5.97. The number of benzene rings is 2. The van der Waals surface area contributed by atoms with Gasteiger partial charge in [-0.15, -0.1) is 0 Å². The lowest BCUT2D eigenvalue weighted by molar-refractivity contribution is -0.116. The highest BCUT2D eigenvalue weighted by Crippen LogP contribution is 2.40. The summed E-state index contributed by atoms with van der Waals surface area (Å²) < 4.78 is 7.34. The highest BCUT2D eigenvalue weighted by molar-refractivity contribution is 6.30. The summed E-state index contributed by atoms with van der Waals surface area (Å²) in [6.45, 7) is 0. The Morgan fingerprint density at radius 1 is 1.20 bits per heavy atom. The Balaban J connectivity index is 1.83. The molecule has 3 aromatic rings. The molecule has 0 bridgehead atoms. The Kier molecular flexibility index (Phi) is 3.93. The molecule has 126 valence electrons. The Morgan fingerprint density at radius 3 is 2.72 bits per heavy atom. The first-order chi connectivity index (χ1) is 12.2. The third-order valence-electron chi connectivity index (χ3n) is 4.39. The summed E-state index contributed by atoms with van der Waals surface area (Å²) in [6.07, 6.45) is 2.06. The van der Waals surface area contributed by atoms with Crippen LogP contribution in [0.4, 0.5) is 5.82 Å². The van der Waals surface area contributed by atoms with E-state index < -0.39 is 0 Å². The number of hydrogen-bond acceptors (Lipinski definition) is 3. The van der Waals surface area contributed by atoms with Crippen LogP contribution < -0.4 is 10.1 Å². The molecule has 2 aromatic carbocycles. The summed E-state index contributed by atoms with van der Waals surface area (Å²) in [5.74, 6) is 1.26. The number of ether oxygens (including phenoxy) is 1. The van der Waals surface area contributed by atoms with Gasteiger partial charge in [0.1, 0.15) is 17.9 Å². The van der Waals surface area contributed by atoms with Gasteiger partial charge in [0.05, 0.1) is 12.8 Å². The second-order valence-corrected chi connectivity index (χ2v) is 6.31. The minimum atomic E-state index is -0.145. The van der Waals surface area contributed by atoms with Crippen LogP contribution in [0.5, 0.6) is 5.75 Å². The molecule has 25 heavy (non-hydrogen) atoms. The maximum Gasteiger partial charge on any atom is 0.226 e. The van der Waals surface area contributed by atoms with Gasteiger partial charge >= 0.3 is 0 Å². The number of nitrogens with one attached hydrogen (secondary N) is 1. The number of para-hydroxylation sites is 1. The molecule has 0 radical (unpaired) electrons. The van der Waals surface area contributed by atoms with Crippen LogP contribution in [0.25, 0.3) is 5.69 Å². The Hall–Kier alpha value is -2.79. The lowest BCUT2D eigenvalue weighted by Crippen LogP contribution is -2.25. The molecular formula is C19H16ClN3O2. The maximum absolute atomic E-state index is 12.3. The van der Waals surface area contributed by atoms with Crippen molar-refractivity contribution in [3.63, 3.8) is 0 Å². The predicted octanol–water partition coefficient (Wildman–Crippen LogP) is 4.01. The van der Waals surface area contributed by atoms with Gasteiger partial charge in [-0.1, -0.05) is 29.8 Å². The van der Waals surface area contributed by atoms with Crippen LogP contribution in [0, 0.1) is 0 Å². The van der Waals surface area contributed by atoms with E-state index in [1.807, 2.05) is 53.1 Å². The number of halogens is 1. The molecule has 0 fully saturated rings. The van der Waals surface area contributed by atoms with Crippen molar-refractivity contribution >= 4 is 23.3 Å². The van der Waals surface area contributed by atoms with E-state index in [9.17, 15) is 4.79 Å². The van der Waals surface area contributed by atoms with Gasteiger partial charge in [0, 0.05) is 28.6 Å². The molecule has 2 heterocycles. The van der Waals surface area contributed by atoms with Gasteiger partial charge in [-0.05, 0) is 30.3 Å². The number of hydrogen-bond donors (Lipinski definition) is 1. The van der Waals surface area contributed by atoms with E-state index in [0.717, 1.165) is 22.7 Å². The largest absolute Gasteiger partial charge is 0.496 e. The third kappa shape index (κ3) is 2.76. The van der Waals surface area contributed by atoms with E-state index in [0.29, 0.717) is 17.3 Å². The molecule has 0 saturated carbocycles. The number of amides is 1. The smallest absolute Gasteiger partial charge is 0.226 e. The van der Waals surface area contributed by atoms with Gasteiger partial charge in [-0.25, -0.2) is 4.98 Å². The van der Waals surface area contributed by atoms with Crippen molar-refractivity contribution in [3.05, 3.63) is 71.1 Å². The number of carbonyl (C=O) groups excluding carboxylic acids is 1. The zero-order valence-corrected chi connectivity index (χ0v) is 14.3. The number of rotatable bonds is 3. The lowest BCUT2D eigenvalue weighted by atomic mass is 9.89. The summed E-state index contributed by atoms with van der Waals surface area (Å²) in [7, 11) is 1.63. The van der Waals surface area contributed by atoms with E-state index >= 15 is 0 Å². The van der Waals surface area contributed by atoms with Crippen LogP contribution in [-0.2, 0) is 4.79 Å². The number of methoxy groups -OCH3 is 1. The van der Waals surface area contributed by atoms with Crippen LogP contribution in [0.1, 0.15) is 23.6 Å². The number of aromatic nitrogens is 2. The fraction of sp³-hybridized carbons (Fsp3) is 0.158. The van der Waals surface area contributed by atoms with Crippen molar-refractivity contribution in [1.82, 2.24) is 9.55 Å². The van der Waals surface area contributed by atoms with Gasteiger partial charge in [-0.3, -0.25) is 9.36 Å². The normalized spacial score (nSPS) is 16.2. The van der Waals surface area contributed by atoms with Gasteiger partial charge < -0.3 is 10.1 Å². The SMILES string of the molecule is COc1ccccc1[C@H]1CC(=O)Nc2c1ncn2-c1ccc(Cl)cc1. The van der Waals surface area contributed by atoms with E-state index in [4.69, 9.17) is 16.3 Å². The van der Waals surface area contributed by atoms with Crippen molar-refractivity contribution in [2.45, 2.75) is 12.3 Å². The number of fused-ring (bicyclic) bond motifs is 1.